The van der Waals surface area contributed by atoms with E-state index < -0.39 is 0 Å². The van der Waals surface area contributed by atoms with Gasteiger partial charge in [0.15, 0.2) is 11.5 Å². The first kappa shape index (κ1) is 15.2. The summed E-state index contributed by atoms with van der Waals surface area (Å²) in [5.41, 5.74) is 0.829. The highest BCUT2D eigenvalue weighted by atomic mass is 16.6. The summed E-state index contributed by atoms with van der Waals surface area (Å²) >= 11 is 0. The van der Waals surface area contributed by atoms with Crippen molar-refractivity contribution in [1.29, 1.82) is 0 Å². The second kappa shape index (κ2) is 7.02. The molecule has 1 aliphatic heterocycles. The van der Waals surface area contributed by atoms with Crippen LogP contribution in [0.4, 0.5) is 0 Å². The van der Waals surface area contributed by atoms with E-state index in [-0.39, 0.29) is 11.9 Å². The number of carbonyl (C=O) groups is 1. The third-order valence-corrected chi connectivity index (χ3v) is 3.28. The Labute approximate surface area is 124 Å². The summed E-state index contributed by atoms with van der Waals surface area (Å²) in [6.07, 6.45) is 4.15. The van der Waals surface area contributed by atoms with Gasteiger partial charge >= 0.3 is 0 Å². The quantitative estimate of drug-likeness (QED) is 0.846. The molecule has 1 aromatic rings. The smallest absolute Gasteiger partial charge is 0.244 e. The van der Waals surface area contributed by atoms with Crippen LogP contribution in [-0.2, 0) is 4.79 Å². The Balaban J connectivity index is 2.15. The van der Waals surface area contributed by atoms with Crippen molar-refractivity contribution in [2.24, 2.45) is 0 Å². The maximum atomic E-state index is 11.7. The summed E-state index contributed by atoms with van der Waals surface area (Å²) in [4.78, 5) is 11.7. The fraction of sp³-hybridized carbons (Fsp3) is 0.438. The van der Waals surface area contributed by atoms with Crippen molar-refractivity contribution in [2.45, 2.75) is 26.3 Å². The van der Waals surface area contributed by atoms with Gasteiger partial charge in [-0.05, 0) is 37.1 Å². The number of benzene rings is 1. The van der Waals surface area contributed by atoms with Crippen LogP contribution >= 0.6 is 0 Å². The van der Waals surface area contributed by atoms with Gasteiger partial charge in [-0.1, -0.05) is 6.92 Å². The lowest BCUT2D eigenvalue weighted by Gasteiger charge is -2.20. The van der Waals surface area contributed by atoms with Gasteiger partial charge in [0.25, 0.3) is 0 Å². The molecule has 0 aliphatic carbocycles. The number of hydrogen-bond donors (Lipinski definition) is 1. The molecule has 21 heavy (non-hydrogen) atoms. The third kappa shape index (κ3) is 3.90. The van der Waals surface area contributed by atoms with Gasteiger partial charge in [0.05, 0.1) is 7.11 Å². The lowest BCUT2D eigenvalue weighted by molar-refractivity contribution is -0.117. The topological polar surface area (TPSA) is 56.8 Å². The largest absolute Gasteiger partial charge is 0.493 e. The molecule has 0 aromatic heterocycles. The Morgan fingerprint density at radius 3 is 2.90 bits per heavy atom. The van der Waals surface area contributed by atoms with E-state index in [9.17, 15) is 4.79 Å². The highest BCUT2D eigenvalue weighted by molar-refractivity contribution is 5.92. The zero-order valence-corrected chi connectivity index (χ0v) is 12.6. The summed E-state index contributed by atoms with van der Waals surface area (Å²) in [6.45, 7) is 5.02. The average Bonchev–Trinajstić information content (AvgIpc) is 2.51. The van der Waals surface area contributed by atoms with Crippen LogP contribution in [0.25, 0.3) is 6.08 Å². The van der Waals surface area contributed by atoms with Gasteiger partial charge in [-0.2, -0.15) is 0 Å². The van der Waals surface area contributed by atoms with E-state index >= 15 is 0 Å². The summed E-state index contributed by atoms with van der Waals surface area (Å²) in [5.74, 6) is 1.75. The van der Waals surface area contributed by atoms with E-state index in [0.717, 1.165) is 12.0 Å². The van der Waals surface area contributed by atoms with E-state index in [1.807, 2.05) is 26.0 Å². The molecule has 1 aromatic carbocycles. The van der Waals surface area contributed by atoms with Crippen molar-refractivity contribution in [3.05, 3.63) is 23.8 Å². The van der Waals surface area contributed by atoms with Crippen LogP contribution in [0.5, 0.6) is 17.2 Å². The minimum Gasteiger partial charge on any atom is -0.493 e. The van der Waals surface area contributed by atoms with Gasteiger partial charge in [0.2, 0.25) is 11.7 Å². The maximum Gasteiger partial charge on any atom is 0.244 e. The molecular formula is C16H21NO4. The first-order valence-electron chi connectivity index (χ1n) is 7.10. The van der Waals surface area contributed by atoms with Crippen LogP contribution in [0.3, 0.4) is 0 Å². The lowest BCUT2D eigenvalue weighted by Crippen LogP contribution is -2.30. The van der Waals surface area contributed by atoms with Crippen molar-refractivity contribution in [3.8, 4) is 17.2 Å². The van der Waals surface area contributed by atoms with E-state index in [1.165, 1.54) is 6.08 Å². The Morgan fingerprint density at radius 2 is 2.19 bits per heavy atom. The minimum absolute atomic E-state index is 0.113. The number of hydrogen-bond acceptors (Lipinski definition) is 4. The highest BCUT2D eigenvalue weighted by Crippen LogP contribution is 2.40. The molecule has 1 amide bonds. The monoisotopic (exact) mass is 291 g/mol. The third-order valence-electron chi connectivity index (χ3n) is 3.28. The molecule has 1 heterocycles. The molecule has 1 N–H and O–H groups in total. The van der Waals surface area contributed by atoms with Crippen LogP contribution in [0.15, 0.2) is 18.2 Å². The fourth-order valence-electron chi connectivity index (χ4n) is 1.95. The number of fused-ring (bicyclic) bond motifs is 1. The average molecular weight is 291 g/mol. The van der Waals surface area contributed by atoms with Crippen molar-refractivity contribution in [2.75, 3.05) is 20.3 Å². The zero-order valence-electron chi connectivity index (χ0n) is 12.6. The lowest BCUT2D eigenvalue weighted by atomic mass is 10.1. The van der Waals surface area contributed by atoms with Gasteiger partial charge in [0, 0.05) is 12.1 Å². The van der Waals surface area contributed by atoms with Gasteiger partial charge in [0.1, 0.15) is 13.2 Å². The molecular weight excluding hydrogens is 270 g/mol. The van der Waals surface area contributed by atoms with E-state index in [0.29, 0.717) is 30.5 Å². The zero-order chi connectivity index (χ0) is 15.2. The molecule has 1 atom stereocenters. The Bertz CT molecular complexity index is 522. The molecule has 0 saturated heterocycles. The molecule has 0 bridgehead atoms. The van der Waals surface area contributed by atoms with Crippen LogP contribution in [0, 0.1) is 0 Å². The first-order valence-corrected chi connectivity index (χ1v) is 7.10. The molecule has 1 aliphatic rings. The summed E-state index contributed by atoms with van der Waals surface area (Å²) in [6, 6.07) is 3.82. The van der Waals surface area contributed by atoms with Gasteiger partial charge < -0.3 is 19.5 Å². The number of rotatable bonds is 5. The second-order valence-corrected chi connectivity index (χ2v) is 4.90. The van der Waals surface area contributed by atoms with Gasteiger partial charge in [-0.3, -0.25) is 4.79 Å². The number of methoxy groups -OCH3 is 1. The van der Waals surface area contributed by atoms with Gasteiger partial charge in [-0.15, -0.1) is 0 Å². The number of nitrogens with one attached hydrogen (secondary N) is 1. The van der Waals surface area contributed by atoms with Crippen molar-refractivity contribution >= 4 is 12.0 Å². The Morgan fingerprint density at radius 1 is 1.43 bits per heavy atom. The summed E-state index contributed by atoms with van der Waals surface area (Å²) < 4.78 is 16.4. The standard InChI is InChI=1S/C16H21NO4/c1-4-11(2)17-15(18)6-5-12-9-13(19-3)16-14(10-12)20-7-8-21-16/h5-6,9-11H,4,7-8H2,1-3H3,(H,17,18)/b6-5+. The molecule has 5 nitrogen and oxygen atoms in total. The van der Waals surface area contributed by atoms with Crippen molar-refractivity contribution < 1.29 is 19.0 Å². The normalized spacial score (nSPS) is 14.8. The van der Waals surface area contributed by atoms with Crippen molar-refractivity contribution in [3.63, 3.8) is 0 Å². The Hall–Kier alpha value is -2.17. The number of carbonyl (C=O) groups excluding carboxylic acids is 1. The van der Waals surface area contributed by atoms with E-state index in [2.05, 4.69) is 5.32 Å². The number of ether oxygens (including phenoxy) is 3. The van der Waals surface area contributed by atoms with E-state index in [1.54, 1.807) is 13.2 Å². The van der Waals surface area contributed by atoms with Crippen LogP contribution in [0.1, 0.15) is 25.8 Å². The van der Waals surface area contributed by atoms with Crippen molar-refractivity contribution in [1.82, 2.24) is 5.32 Å². The van der Waals surface area contributed by atoms with Crippen LogP contribution in [0.2, 0.25) is 0 Å². The molecule has 5 heteroatoms. The second-order valence-electron chi connectivity index (χ2n) is 4.90. The van der Waals surface area contributed by atoms with E-state index in [4.69, 9.17) is 14.2 Å². The minimum atomic E-state index is -0.113. The first-order chi connectivity index (χ1) is 10.1. The highest BCUT2D eigenvalue weighted by Gasteiger charge is 2.17. The Kier molecular flexibility index (Phi) is 5.09. The molecule has 0 spiro atoms. The predicted octanol–water partition coefficient (Wildman–Crippen LogP) is 2.39. The maximum absolute atomic E-state index is 11.7. The molecule has 0 fully saturated rings. The van der Waals surface area contributed by atoms with Gasteiger partial charge in [-0.25, -0.2) is 0 Å². The molecule has 114 valence electrons. The predicted molar refractivity (Wildman–Crippen MR) is 80.9 cm³/mol. The SMILES string of the molecule is CCC(C)NC(=O)/C=C/c1cc(OC)c2c(c1)OCCO2. The summed E-state index contributed by atoms with van der Waals surface area (Å²) in [5, 5.41) is 2.88. The molecule has 1 unspecified atom stereocenters. The fourth-order valence-corrected chi connectivity index (χ4v) is 1.95. The van der Waals surface area contributed by atoms with Crippen LogP contribution < -0.4 is 19.5 Å². The number of amides is 1. The van der Waals surface area contributed by atoms with Crippen LogP contribution in [-0.4, -0.2) is 32.3 Å². The summed E-state index contributed by atoms with van der Waals surface area (Å²) in [7, 11) is 1.58. The molecule has 2 rings (SSSR count). The molecule has 0 saturated carbocycles. The molecule has 0 radical (unpaired) electrons.